The van der Waals surface area contributed by atoms with Crippen molar-refractivity contribution >= 4 is 17.7 Å². The number of aryl methyl sites for hydroxylation is 1. The van der Waals surface area contributed by atoms with Crippen molar-refractivity contribution in [1.82, 2.24) is 20.1 Å². The summed E-state index contributed by atoms with van der Waals surface area (Å²) in [7, 11) is 0. The summed E-state index contributed by atoms with van der Waals surface area (Å²) in [6, 6.07) is 0.363. The highest BCUT2D eigenvalue weighted by Crippen LogP contribution is 2.28. The van der Waals surface area contributed by atoms with Crippen molar-refractivity contribution < 1.29 is 9.90 Å². The van der Waals surface area contributed by atoms with Crippen molar-refractivity contribution in [2.75, 3.05) is 5.75 Å². The molecule has 1 atom stereocenters. The number of rotatable bonds is 6. The molecule has 0 amide bonds. The van der Waals surface area contributed by atoms with Gasteiger partial charge in [-0.3, -0.25) is 10.1 Å². The molecular formula is C14H22N4O2S. The Morgan fingerprint density at radius 2 is 2.24 bits per heavy atom. The zero-order chi connectivity index (χ0) is 14.9. The van der Waals surface area contributed by atoms with Gasteiger partial charge in [-0.25, -0.2) is 0 Å². The largest absolute Gasteiger partial charge is 0.480 e. The van der Waals surface area contributed by atoms with Crippen LogP contribution < -0.4 is 5.32 Å². The number of aliphatic carboxylic acids is 1. The Balaban J connectivity index is 1.68. The van der Waals surface area contributed by atoms with E-state index in [1.807, 2.05) is 0 Å². The quantitative estimate of drug-likeness (QED) is 0.778. The van der Waals surface area contributed by atoms with Crippen LogP contribution in [0.2, 0.25) is 0 Å². The van der Waals surface area contributed by atoms with Crippen molar-refractivity contribution in [2.45, 2.75) is 68.7 Å². The molecule has 0 saturated heterocycles. The maximum absolute atomic E-state index is 11.6. The van der Waals surface area contributed by atoms with Crippen LogP contribution in [0.1, 0.15) is 44.9 Å². The van der Waals surface area contributed by atoms with E-state index in [1.54, 1.807) is 6.92 Å². The maximum Gasteiger partial charge on any atom is 0.324 e. The molecule has 2 heterocycles. The van der Waals surface area contributed by atoms with E-state index in [1.165, 1.54) is 24.6 Å². The molecule has 0 bridgehead atoms. The highest BCUT2D eigenvalue weighted by Gasteiger charge is 2.39. The average Bonchev–Trinajstić information content (AvgIpc) is 3.22. The van der Waals surface area contributed by atoms with Crippen molar-refractivity contribution in [1.29, 1.82) is 0 Å². The molecule has 21 heavy (non-hydrogen) atoms. The first-order valence-corrected chi connectivity index (χ1v) is 8.63. The number of carbonyl (C=O) groups is 1. The summed E-state index contributed by atoms with van der Waals surface area (Å²) in [5.74, 6) is 0.719. The molecule has 2 N–H and O–H groups in total. The lowest BCUT2D eigenvalue weighted by Gasteiger charge is -2.25. The second kappa shape index (κ2) is 5.96. The Morgan fingerprint density at radius 1 is 1.43 bits per heavy atom. The first kappa shape index (κ1) is 14.8. The lowest BCUT2D eigenvalue weighted by molar-refractivity contribution is -0.143. The van der Waals surface area contributed by atoms with Crippen LogP contribution in [0, 0.1) is 0 Å². The van der Waals surface area contributed by atoms with E-state index in [0.717, 1.165) is 43.2 Å². The fourth-order valence-corrected chi connectivity index (χ4v) is 3.69. The van der Waals surface area contributed by atoms with Crippen molar-refractivity contribution in [3.63, 3.8) is 0 Å². The van der Waals surface area contributed by atoms with Crippen molar-refractivity contribution in [3.05, 3.63) is 5.82 Å². The number of hydrogen-bond acceptors (Lipinski definition) is 5. The van der Waals surface area contributed by atoms with E-state index in [0.29, 0.717) is 11.8 Å². The summed E-state index contributed by atoms with van der Waals surface area (Å²) in [4.78, 5) is 11.6. The Hall–Kier alpha value is -1.08. The van der Waals surface area contributed by atoms with Crippen molar-refractivity contribution in [3.8, 4) is 0 Å². The number of carboxylic acids is 1. The molecular weight excluding hydrogens is 288 g/mol. The van der Waals surface area contributed by atoms with E-state index in [9.17, 15) is 9.90 Å². The predicted octanol–water partition coefficient (Wildman–Crippen LogP) is 1.69. The minimum Gasteiger partial charge on any atom is -0.480 e. The van der Waals surface area contributed by atoms with Crippen LogP contribution >= 0.6 is 11.8 Å². The van der Waals surface area contributed by atoms with Crippen LogP contribution in [-0.2, 0) is 17.8 Å². The predicted molar refractivity (Wildman–Crippen MR) is 80.5 cm³/mol. The third-order valence-corrected chi connectivity index (χ3v) is 5.42. The number of thioether (sulfide) groups is 1. The van der Waals surface area contributed by atoms with Crippen LogP contribution in [-0.4, -0.2) is 43.2 Å². The van der Waals surface area contributed by atoms with Crippen LogP contribution in [0.5, 0.6) is 0 Å². The van der Waals surface area contributed by atoms with Crippen molar-refractivity contribution in [2.24, 2.45) is 0 Å². The molecule has 1 aromatic heterocycles. The number of aromatic nitrogens is 3. The average molecular weight is 310 g/mol. The summed E-state index contributed by atoms with van der Waals surface area (Å²) >= 11 is 1.50. The summed E-state index contributed by atoms with van der Waals surface area (Å²) in [6.07, 6.45) is 6.67. The van der Waals surface area contributed by atoms with Gasteiger partial charge in [-0.2, -0.15) is 0 Å². The van der Waals surface area contributed by atoms with Gasteiger partial charge in [0.15, 0.2) is 5.16 Å². The summed E-state index contributed by atoms with van der Waals surface area (Å²) in [6.45, 7) is 2.71. The molecule has 116 valence electrons. The Kier molecular flexibility index (Phi) is 4.21. The van der Waals surface area contributed by atoms with E-state index in [-0.39, 0.29) is 0 Å². The summed E-state index contributed by atoms with van der Waals surface area (Å²) < 4.78 is 2.16. The second-order valence-electron chi connectivity index (χ2n) is 6.21. The van der Waals surface area contributed by atoms with Gasteiger partial charge in [-0.1, -0.05) is 18.2 Å². The lowest BCUT2D eigenvalue weighted by atomic mass is 10.1. The maximum atomic E-state index is 11.6. The molecule has 0 aromatic carbocycles. The van der Waals surface area contributed by atoms with Crippen LogP contribution in [0.15, 0.2) is 5.16 Å². The SMILES string of the molecule is CC(CSc1nnc2n1CCCCC2)(NC1CC1)C(=O)O. The molecule has 1 unspecified atom stereocenters. The normalized spacial score (nSPS) is 21.4. The minimum absolute atomic E-state index is 0.363. The fourth-order valence-electron chi connectivity index (χ4n) is 2.62. The number of nitrogens with one attached hydrogen (secondary N) is 1. The van der Waals surface area contributed by atoms with Gasteiger partial charge < -0.3 is 9.67 Å². The zero-order valence-electron chi connectivity index (χ0n) is 12.3. The van der Waals surface area contributed by atoms with Gasteiger partial charge in [0.1, 0.15) is 11.4 Å². The van der Waals surface area contributed by atoms with Gasteiger partial charge in [0.25, 0.3) is 0 Å². The molecule has 0 radical (unpaired) electrons. The van der Waals surface area contributed by atoms with E-state index >= 15 is 0 Å². The van der Waals surface area contributed by atoms with Gasteiger partial charge in [0, 0.05) is 24.8 Å². The zero-order valence-corrected chi connectivity index (χ0v) is 13.2. The topological polar surface area (TPSA) is 80.0 Å². The Labute approximate surface area is 128 Å². The molecule has 7 heteroatoms. The molecule has 1 aliphatic heterocycles. The molecule has 0 spiro atoms. The molecule has 1 aromatic rings. The standard InChI is InChI=1S/C14H22N4O2S/c1-14(12(19)20,15-10-6-7-10)9-21-13-17-16-11-5-3-2-4-8-18(11)13/h10,15H,2-9H2,1H3,(H,19,20). The smallest absolute Gasteiger partial charge is 0.324 e. The number of carboxylic acid groups (broad SMARTS) is 1. The minimum atomic E-state index is -0.900. The van der Waals surface area contributed by atoms with Gasteiger partial charge in [0.2, 0.25) is 0 Å². The van der Waals surface area contributed by atoms with E-state index in [4.69, 9.17) is 0 Å². The number of fused-ring (bicyclic) bond motifs is 1. The highest BCUT2D eigenvalue weighted by atomic mass is 32.2. The van der Waals surface area contributed by atoms with E-state index in [2.05, 4.69) is 20.1 Å². The highest BCUT2D eigenvalue weighted by molar-refractivity contribution is 7.99. The third-order valence-electron chi connectivity index (χ3n) is 4.14. The number of nitrogens with zero attached hydrogens (tertiary/aromatic N) is 3. The lowest BCUT2D eigenvalue weighted by Crippen LogP contribution is -2.52. The third kappa shape index (κ3) is 3.40. The van der Waals surface area contributed by atoms with E-state index < -0.39 is 11.5 Å². The van der Waals surface area contributed by atoms with Crippen LogP contribution in [0.4, 0.5) is 0 Å². The summed E-state index contributed by atoms with van der Waals surface area (Å²) in [5, 5.41) is 22.1. The monoisotopic (exact) mass is 310 g/mol. The molecule has 1 fully saturated rings. The Bertz CT molecular complexity index is 529. The second-order valence-corrected chi connectivity index (χ2v) is 7.15. The molecule has 1 saturated carbocycles. The van der Waals surface area contributed by atoms with Gasteiger partial charge >= 0.3 is 5.97 Å². The fraction of sp³-hybridized carbons (Fsp3) is 0.786. The number of hydrogen-bond donors (Lipinski definition) is 2. The van der Waals surface area contributed by atoms with Gasteiger partial charge in [-0.05, 0) is 32.6 Å². The molecule has 1 aliphatic carbocycles. The Morgan fingerprint density at radius 3 is 2.95 bits per heavy atom. The van der Waals surface area contributed by atoms with Crippen LogP contribution in [0.25, 0.3) is 0 Å². The summed E-state index contributed by atoms with van der Waals surface area (Å²) in [5.41, 5.74) is -0.900. The first-order chi connectivity index (χ1) is 10.1. The molecule has 2 aliphatic rings. The molecule has 3 rings (SSSR count). The van der Waals surface area contributed by atoms with Gasteiger partial charge in [-0.15, -0.1) is 10.2 Å². The van der Waals surface area contributed by atoms with Crippen LogP contribution in [0.3, 0.4) is 0 Å². The van der Waals surface area contributed by atoms with Gasteiger partial charge in [0.05, 0.1) is 0 Å². The molecule has 6 nitrogen and oxygen atoms in total. The first-order valence-electron chi connectivity index (χ1n) is 7.64.